The van der Waals surface area contributed by atoms with Crippen LogP contribution in [0.3, 0.4) is 0 Å². The highest BCUT2D eigenvalue weighted by atomic mass is 16.5. The Morgan fingerprint density at radius 3 is 1.20 bits per heavy atom. The molecule has 6 heteroatoms. The van der Waals surface area contributed by atoms with Crippen molar-refractivity contribution < 1.29 is 24.5 Å². The SMILES string of the molecule is CCCCCC/C=C\CCCCCCCC(=O)OCCCCCCCCCCC/C=C\C/C=C\CCCCCCCCCCCC(=O)NC(CO)C(O)/C=C/CCCCCCCCCC. The summed E-state index contributed by atoms with van der Waals surface area (Å²) in [4.78, 5) is 24.4. The van der Waals surface area contributed by atoms with Gasteiger partial charge in [0.15, 0.2) is 0 Å². The highest BCUT2D eigenvalue weighted by Crippen LogP contribution is 2.15. The van der Waals surface area contributed by atoms with Gasteiger partial charge < -0.3 is 20.3 Å². The second-order valence-corrected chi connectivity index (χ2v) is 19.3. The van der Waals surface area contributed by atoms with Crippen molar-refractivity contribution in [2.24, 2.45) is 0 Å². The Bertz CT molecular complexity index is 1100. The van der Waals surface area contributed by atoms with Crippen LogP contribution in [0.2, 0.25) is 0 Å². The quantitative estimate of drug-likeness (QED) is 0.0321. The van der Waals surface area contributed by atoms with Gasteiger partial charge in [0.25, 0.3) is 0 Å². The zero-order valence-electron chi connectivity index (χ0n) is 43.2. The molecule has 0 bridgehead atoms. The molecule has 0 aromatic heterocycles. The maximum Gasteiger partial charge on any atom is 0.305 e. The molecular weight excluding hydrogens is 803 g/mol. The second-order valence-electron chi connectivity index (χ2n) is 19.3. The molecule has 65 heavy (non-hydrogen) atoms. The van der Waals surface area contributed by atoms with Crippen LogP contribution in [0.5, 0.6) is 0 Å². The number of carbonyl (C=O) groups is 2. The molecule has 0 radical (unpaired) electrons. The maximum absolute atomic E-state index is 12.4. The van der Waals surface area contributed by atoms with Crippen LogP contribution >= 0.6 is 0 Å². The maximum atomic E-state index is 12.4. The average Bonchev–Trinajstić information content (AvgIpc) is 3.31. The molecule has 3 N–H and O–H groups in total. The Morgan fingerprint density at radius 1 is 0.431 bits per heavy atom. The summed E-state index contributed by atoms with van der Waals surface area (Å²) in [5, 5.41) is 23.0. The molecule has 0 spiro atoms. The molecule has 380 valence electrons. The fourth-order valence-corrected chi connectivity index (χ4v) is 8.42. The zero-order valence-corrected chi connectivity index (χ0v) is 43.2. The van der Waals surface area contributed by atoms with E-state index in [-0.39, 0.29) is 18.5 Å². The molecule has 0 fully saturated rings. The lowest BCUT2D eigenvalue weighted by atomic mass is 10.0. The molecular formula is C59H109NO5. The van der Waals surface area contributed by atoms with Crippen LogP contribution in [-0.4, -0.2) is 47.4 Å². The molecule has 0 aromatic carbocycles. The van der Waals surface area contributed by atoms with E-state index in [2.05, 4.69) is 55.6 Å². The minimum absolute atomic E-state index is 0.00151. The van der Waals surface area contributed by atoms with Crippen molar-refractivity contribution in [3.63, 3.8) is 0 Å². The van der Waals surface area contributed by atoms with E-state index >= 15 is 0 Å². The van der Waals surface area contributed by atoms with Gasteiger partial charge in [0.1, 0.15) is 0 Å². The predicted molar refractivity (Wildman–Crippen MR) is 282 cm³/mol. The molecule has 0 aliphatic carbocycles. The smallest absolute Gasteiger partial charge is 0.305 e. The first-order chi connectivity index (χ1) is 32.0. The van der Waals surface area contributed by atoms with Crippen LogP contribution in [0.25, 0.3) is 0 Å². The van der Waals surface area contributed by atoms with Crippen molar-refractivity contribution in [1.29, 1.82) is 0 Å². The summed E-state index contributed by atoms with van der Waals surface area (Å²) in [6.07, 6.45) is 68.5. The number of rotatable bonds is 52. The number of carbonyl (C=O) groups excluding carboxylic acids is 2. The van der Waals surface area contributed by atoms with E-state index < -0.39 is 12.1 Å². The molecule has 0 aromatic rings. The number of aliphatic hydroxyl groups is 2. The van der Waals surface area contributed by atoms with E-state index in [1.807, 2.05) is 6.08 Å². The van der Waals surface area contributed by atoms with Crippen LogP contribution in [0.4, 0.5) is 0 Å². The molecule has 0 heterocycles. The molecule has 0 saturated heterocycles. The summed E-state index contributed by atoms with van der Waals surface area (Å²) in [6.45, 7) is 4.85. The normalized spacial score (nSPS) is 13.0. The lowest BCUT2D eigenvalue weighted by Crippen LogP contribution is -2.45. The van der Waals surface area contributed by atoms with Crippen molar-refractivity contribution in [2.75, 3.05) is 13.2 Å². The first kappa shape index (κ1) is 62.8. The number of amides is 1. The Kier molecular flexibility index (Phi) is 52.6. The number of ether oxygens (including phenoxy) is 1. The third-order valence-corrected chi connectivity index (χ3v) is 12.8. The lowest BCUT2D eigenvalue weighted by molar-refractivity contribution is -0.143. The van der Waals surface area contributed by atoms with E-state index in [0.717, 1.165) is 51.4 Å². The van der Waals surface area contributed by atoms with Crippen LogP contribution < -0.4 is 5.32 Å². The van der Waals surface area contributed by atoms with Gasteiger partial charge >= 0.3 is 5.97 Å². The van der Waals surface area contributed by atoms with Crippen molar-refractivity contribution in [3.05, 3.63) is 48.6 Å². The minimum atomic E-state index is -0.847. The molecule has 2 unspecified atom stereocenters. The van der Waals surface area contributed by atoms with E-state index in [9.17, 15) is 19.8 Å². The van der Waals surface area contributed by atoms with Crippen molar-refractivity contribution in [2.45, 2.75) is 302 Å². The Morgan fingerprint density at radius 2 is 0.769 bits per heavy atom. The van der Waals surface area contributed by atoms with Crippen LogP contribution in [0.15, 0.2) is 48.6 Å². The fraction of sp³-hybridized carbons (Fsp3) is 0.831. The van der Waals surface area contributed by atoms with Crippen molar-refractivity contribution >= 4 is 11.9 Å². The van der Waals surface area contributed by atoms with Gasteiger partial charge in [-0.15, -0.1) is 0 Å². The third-order valence-electron chi connectivity index (χ3n) is 12.8. The predicted octanol–water partition coefficient (Wildman–Crippen LogP) is 17.4. The largest absolute Gasteiger partial charge is 0.466 e. The number of unbranched alkanes of at least 4 members (excludes halogenated alkanes) is 35. The Balaban J connectivity index is 3.44. The molecule has 0 rings (SSSR count). The summed E-state index contributed by atoms with van der Waals surface area (Å²) in [6, 6.07) is -0.631. The number of allylic oxidation sites excluding steroid dienone is 7. The van der Waals surface area contributed by atoms with Crippen LogP contribution in [-0.2, 0) is 14.3 Å². The van der Waals surface area contributed by atoms with E-state index in [1.54, 1.807) is 6.08 Å². The average molecular weight is 913 g/mol. The Labute approximate surface area is 404 Å². The van der Waals surface area contributed by atoms with Gasteiger partial charge in [-0.05, 0) is 89.9 Å². The van der Waals surface area contributed by atoms with Gasteiger partial charge in [-0.3, -0.25) is 9.59 Å². The summed E-state index contributed by atoms with van der Waals surface area (Å²) < 4.78 is 5.46. The Hall–Kier alpha value is -2.18. The van der Waals surface area contributed by atoms with Gasteiger partial charge in [-0.1, -0.05) is 236 Å². The standard InChI is InChI=1S/C59H109NO5/c1-3-5-7-9-11-13-15-29-33-37-41-45-49-53-59(64)65-54-50-46-42-38-34-31-28-26-24-22-20-18-16-17-19-21-23-25-27-30-32-36-40-44-48-52-58(63)60-56(55-61)57(62)51-47-43-39-35-14-12-10-8-6-4-2/h13,15,17-20,47,51,56-57,61-62H,3-12,14,16,21-46,48-50,52-55H2,1-2H3,(H,60,63)/b15-13-,19-17-,20-18-,51-47+. The fourth-order valence-electron chi connectivity index (χ4n) is 8.42. The highest BCUT2D eigenvalue weighted by Gasteiger charge is 2.18. The number of hydrogen-bond donors (Lipinski definition) is 3. The van der Waals surface area contributed by atoms with Crippen LogP contribution in [0.1, 0.15) is 290 Å². The summed E-state index contributed by atoms with van der Waals surface area (Å²) >= 11 is 0. The second kappa shape index (κ2) is 54.4. The minimum Gasteiger partial charge on any atom is -0.466 e. The number of aliphatic hydroxyl groups excluding tert-OH is 2. The summed E-state index contributed by atoms with van der Waals surface area (Å²) in [7, 11) is 0. The number of esters is 1. The number of hydrogen-bond acceptors (Lipinski definition) is 5. The van der Waals surface area contributed by atoms with Crippen molar-refractivity contribution in [1.82, 2.24) is 5.32 Å². The third kappa shape index (κ3) is 51.1. The zero-order chi connectivity index (χ0) is 47.2. The monoisotopic (exact) mass is 912 g/mol. The van der Waals surface area contributed by atoms with Crippen LogP contribution in [0, 0.1) is 0 Å². The lowest BCUT2D eigenvalue weighted by Gasteiger charge is -2.20. The van der Waals surface area contributed by atoms with E-state index in [4.69, 9.17) is 4.74 Å². The molecule has 6 nitrogen and oxygen atoms in total. The van der Waals surface area contributed by atoms with E-state index in [0.29, 0.717) is 19.4 Å². The molecule has 0 saturated carbocycles. The topological polar surface area (TPSA) is 95.9 Å². The van der Waals surface area contributed by atoms with Gasteiger partial charge in [-0.2, -0.15) is 0 Å². The molecule has 0 aliphatic heterocycles. The first-order valence-corrected chi connectivity index (χ1v) is 28.4. The molecule has 2 atom stereocenters. The molecule has 0 aliphatic rings. The van der Waals surface area contributed by atoms with Gasteiger partial charge in [-0.25, -0.2) is 0 Å². The summed E-state index contributed by atoms with van der Waals surface area (Å²) in [5.74, 6) is -0.0783. The van der Waals surface area contributed by atoms with Crippen molar-refractivity contribution in [3.8, 4) is 0 Å². The first-order valence-electron chi connectivity index (χ1n) is 28.4. The number of nitrogens with one attached hydrogen (secondary N) is 1. The molecule has 1 amide bonds. The summed E-state index contributed by atoms with van der Waals surface area (Å²) in [5.41, 5.74) is 0. The van der Waals surface area contributed by atoms with E-state index in [1.165, 1.54) is 212 Å². The van der Waals surface area contributed by atoms with Gasteiger partial charge in [0, 0.05) is 12.8 Å². The van der Waals surface area contributed by atoms with Gasteiger partial charge in [0.05, 0.1) is 25.4 Å². The van der Waals surface area contributed by atoms with Gasteiger partial charge in [0.2, 0.25) is 5.91 Å². The highest BCUT2D eigenvalue weighted by molar-refractivity contribution is 5.76.